The molecular weight excluding hydrogens is 304 g/mol. The van der Waals surface area contributed by atoms with E-state index in [4.69, 9.17) is 21.4 Å². The fourth-order valence-electron chi connectivity index (χ4n) is 2.47. The van der Waals surface area contributed by atoms with Gasteiger partial charge in [0.05, 0.1) is 12.6 Å². The van der Waals surface area contributed by atoms with Crippen LogP contribution in [0.4, 0.5) is 4.79 Å². The second kappa shape index (κ2) is 8.17. The Morgan fingerprint density at radius 2 is 2.14 bits per heavy atom. The predicted molar refractivity (Wildman–Crippen MR) is 85.9 cm³/mol. The first kappa shape index (κ1) is 16.8. The van der Waals surface area contributed by atoms with Crippen LogP contribution in [-0.2, 0) is 4.74 Å². The lowest BCUT2D eigenvalue weighted by atomic mass is 10.1. The van der Waals surface area contributed by atoms with E-state index in [0.29, 0.717) is 11.6 Å². The van der Waals surface area contributed by atoms with Gasteiger partial charge in [0.1, 0.15) is 0 Å². The zero-order valence-corrected chi connectivity index (χ0v) is 13.2. The molecular formula is C16H21ClN2O3. The molecule has 0 spiro atoms. The molecule has 6 heteroatoms. The summed E-state index contributed by atoms with van der Waals surface area (Å²) in [5.41, 5.74) is 0.927. The third-order valence-corrected chi connectivity index (χ3v) is 3.89. The van der Waals surface area contributed by atoms with Crippen LogP contribution in [0.3, 0.4) is 0 Å². The lowest BCUT2D eigenvalue weighted by molar-refractivity contribution is 0.165. The van der Waals surface area contributed by atoms with Crippen LogP contribution in [0.5, 0.6) is 0 Å². The molecule has 1 aromatic rings. The second-order valence-electron chi connectivity index (χ2n) is 5.35. The number of aliphatic hydroxyl groups excluding tert-OH is 1. The van der Waals surface area contributed by atoms with E-state index >= 15 is 0 Å². The van der Waals surface area contributed by atoms with Gasteiger partial charge < -0.3 is 20.5 Å². The summed E-state index contributed by atoms with van der Waals surface area (Å²) >= 11 is 5.88. The number of benzene rings is 1. The van der Waals surface area contributed by atoms with Crippen molar-refractivity contribution in [1.82, 2.24) is 10.6 Å². The van der Waals surface area contributed by atoms with E-state index < -0.39 is 0 Å². The number of rotatable bonds is 6. The topological polar surface area (TPSA) is 70.6 Å². The molecule has 2 amide bonds. The molecule has 1 unspecified atom stereocenters. The summed E-state index contributed by atoms with van der Waals surface area (Å²) in [6.45, 7) is 0.474. The van der Waals surface area contributed by atoms with Crippen molar-refractivity contribution in [2.45, 2.75) is 18.5 Å². The minimum Gasteiger partial charge on any atom is -0.396 e. The monoisotopic (exact) mass is 324 g/mol. The van der Waals surface area contributed by atoms with Gasteiger partial charge in [-0.1, -0.05) is 35.9 Å². The van der Waals surface area contributed by atoms with E-state index in [0.717, 1.165) is 12.0 Å². The highest BCUT2D eigenvalue weighted by molar-refractivity contribution is 6.30. The van der Waals surface area contributed by atoms with Gasteiger partial charge in [0.25, 0.3) is 0 Å². The summed E-state index contributed by atoms with van der Waals surface area (Å²) in [7, 11) is 1.59. The number of ether oxygens (including phenoxy) is 1. The molecule has 0 bridgehead atoms. The molecule has 5 nitrogen and oxygen atoms in total. The molecule has 0 aromatic heterocycles. The summed E-state index contributed by atoms with van der Waals surface area (Å²) in [6.07, 6.45) is 4.56. The molecule has 1 aromatic carbocycles. The van der Waals surface area contributed by atoms with Gasteiger partial charge in [-0.25, -0.2) is 4.79 Å². The molecule has 0 saturated heterocycles. The molecule has 0 saturated carbocycles. The largest absolute Gasteiger partial charge is 0.396 e. The van der Waals surface area contributed by atoms with Crippen molar-refractivity contribution in [3.05, 3.63) is 47.0 Å². The quantitative estimate of drug-likeness (QED) is 0.703. The first-order valence-electron chi connectivity index (χ1n) is 7.23. The molecule has 1 aliphatic carbocycles. The molecule has 22 heavy (non-hydrogen) atoms. The van der Waals surface area contributed by atoms with E-state index in [9.17, 15) is 4.79 Å². The second-order valence-corrected chi connectivity index (χ2v) is 5.78. The smallest absolute Gasteiger partial charge is 0.315 e. The van der Waals surface area contributed by atoms with Crippen molar-refractivity contribution in [2.75, 3.05) is 20.3 Å². The summed E-state index contributed by atoms with van der Waals surface area (Å²) < 4.78 is 5.17. The number of carbonyl (C=O) groups excluding carboxylic acids is 1. The maximum atomic E-state index is 12.1. The first-order valence-corrected chi connectivity index (χ1v) is 7.60. The van der Waals surface area contributed by atoms with Crippen molar-refractivity contribution >= 4 is 17.6 Å². The molecule has 120 valence electrons. The summed E-state index contributed by atoms with van der Waals surface area (Å²) in [6, 6.07) is 6.74. The minimum absolute atomic E-state index is 0.0504. The van der Waals surface area contributed by atoms with Crippen molar-refractivity contribution in [3.63, 3.8) is 0 Å². The Labute approximate surface area is 135 Å². The van der Waals surface area contributed by atoms with Gasteiger partial charge in [0.2, 0.25) is 0 Å². The Hall–Kier alpha value is -1.56. The lowest BCUT2D eigenvalue weighted by Gasteiger charge is -2.20. The molecule has 2 rings (SSSR count). The Morgan fingerprint density at radius 1 is 1.41 bits per heavy atom. The Morgan fingerprint density at radius 3 is 2.73 bits per heavy atom. The Balaban J connectivity index is 1.91. The number of aliphatic hydroxyl groups is 1. The Bertz CT molecular complexity index is 519. The van der Waals surface area contributed by atoms with Gasteiger partial charge in [-0.3, -0.25) is 0 Å². The fourth-order valence-corrected chi connectivity index (χ4v) is 2.59. The highest BCUT2D eigenvalue weighted by Crippen LogP contribution is 2.18. The van der Waals surface area contributed by atoms with E-state index in [1.54, 1.807) is 19.2 Å². The maximum Gasteiger partial charge on any atom is 0.315 e. The zero-order chi connectivity index (χ0) is 15.9. The zero-order valence-electron chi connectivity index (χ0n) is 12.5. The van der Waals surface area contributed by atoms with E-state index in [1.807, 2.05) is 24.3 Å². The first-order chi connectivity index (χ1) is 10.6. The van der Waals surface area contributed by atoms with Crippen LogP contribution in [0.25, 0.3) is 0 Å². The third kappa shape index (κ3) is 4.73. The van der Waals surface area contributed by atoms with E-state index in [-0.39, 0.29) is 30.6 Å². The number of urea groups is 1. The van der Waals surface area contributed by atoms with Crippen molar-refractivity contribution < 1.29 is 14.6 Å². The van der Waals surface area contributed by atoms with Crippen LogP contribution in [0.2, 0.25) is 5.02 Å². The summed E-state index contributed by atoms with van der Waals surface area (Å²) in [5.74, 6) is 0.122. The van der Waals surface area contributed by atoms with Gasteiger partial charge in [0.15, 0.2) is 0 Å². The predicted octanol–water partition coefficient (Wildman–Crippen LogP) is 2.26. The van der Waals surface area contributed by atoms with Crippen LogP contribution >= 0.6 is 11.6 Å². The van der Waals surface area contributed by atoms with Crippen molar-refractivity contribution in [1.29, 1.82) is 0 Å². The van der Waals surface area contributed by atoms with Crippen LogP contribution in [-0.4, -0.2) is 37.5 Å². The SMILES string of the molecule is COCC(NC(=O)N[C@@H]1C=C[C@H](CO)C1)c1ccc(Cl)cc1. The molecule has 0 heterocycles. The third-order valence-electron chi connectivity index (χ3n) is 3.63. The van der Waals surface area contributed by atoms with Crippen molar-refractivity contribution in [2.24, 2.45) is 5.92 Å². The van der Waals surface area contributed by atoms with E-state index in [1.165, 1.54) is 0 Å². The summed E-state index contributed by atoms with van der Waals surface area (Å²) in [5, 5.41) is 15.5. The van der Waals surface area contributed by atoms with Crippen LogP contribution in [0.1, 0.15) is 18.0 Å². The number of amides is 2. The summed E-state index contributed by atoms with van der Waals surface area (Å²) in [4.78, 5) is 12.1. The van der Waals surface area contributed by atoms with Gasteiger partial charge >= 0.3 is 6.03 Å². The maximum absolute atomic E-state index is 12.1. The highest BCUT2D eigenvalue weighted by atomic mass is 35.5. The lowest BCUT2D eigenvalue weighted by Crippen LogP contribution is -2.43. The van der Waals surface area contributed by atoms with Gasteiger partial charge in [0, 0.05) is 30.7 Å². The number of halogens is 1. The molecule has 0 radical (unpaired) electrons. The number of carbonyl (C=O) groups is 1. The minimum atomic E-state index is -0.259. The number of hydrogen-bond acceptors (Lipinski definition) is 3. The number of hydrogen-bond donors (Lipinski definition) is 3. The molecule has 1 aliphatic rings. The Kier molecular flexibility index (Phi) is 6.24. The highest BCUT2D eigenvalue weighted by Gasteiger charge is 2.21. The standard InChI is InChI=1S/C16H21ClN2O3/c1-22-10-15(12-3-5-13(17)6-4-12)19-16(21)18-14-7-2-11(8-14)9-20/h2-7,11,14-15,20H,8-10H2,1H3,(H2,18,19,21)/t11-,14+,15?/m0/s1. The number of methoxy groups -OCH3 is 1. The molecule has 3 N–H and O–H groups in total. The average Bonchev–Trinajstić information content (AvgIpc) is 2.95. The van der Waals surface area contributed by atoms with Crippen LogP contribution < -0.4 is 10.6 Å². The molecule has 3 atom stereocenters. The van der Waals surface area contributed by atoms with Gasteiger partial charge in [-0.15, -0.1) is 0 Å². The fraction of sp³-hybridized carbons (Fsp3) is 0.438. The average molecular weight is 325 g/mol. The van der Waals surface area contributed by atoms with Crippen LogP contribution in [0.15, 0.2) is 36.4 Å². The van der Waals surface area contributed by atoms with Crippen molar-refractivity contribution in [3.8, 4) is 0 Å². The van der Waals surface area contributed by atoms with Gasteiger partial charge in [-0.2, -0.15) is 0 Å². The van der Waals surface area contributed by atoms with E-state index in [2.05, 4.69) is 10.6 Å². The van der Waals surface area contributed by atoms with Gasteiger partial charge in [-0.05, 0) is 24.1 Å². The molecule has 0 fully saturated rings. The van der Waals surface area contributed by atoms with Crippen LogP contribution in [0, 0.1) is 5.92 Å². The normalized spacial score (nSPS) is 21.6. The number of nitrogens with one attached hydrogen (secondary N) is 2. The molecule has 0 aliphatic heterocycles.